The molecule has 1 fully saturated rings. The summed E-state index contributed by atoms with van der Waals surface area (Å²) in [5.74, 6) is 0.739. The standard InChI is InChI=1S/C13H19ClN2/c1-10(2)12-4-3-7-16(12)9-11-5-6-13(14)15-8-11/h5-6,8,10,12H,3-4,7,9H2,1-2H3. The van der Waals surface area contributed by atoms with E-state index in [1.807, 2.05) is 12.3 Å². The largest absolute Gasteiger partial charge is 0.296 e. The van der Waals surface area contributed by atoms with Crippen molar-refractivity contribution in [1.82, 2.24) is 9.88 Å². The molecule has 0 N–H and O–H groups in total. The number of hydrogen-bond acceptors (Lipinski definition) is 2. The quantitative estimate of drug-likeness (QED) is 0.751. The highest BCUT2D eigenvalue weighted by Gasteiger charge is 2.26. The maximum atomic E-state index is 5.78. The van der Waals surface area contributed by atoms with Gasteiger partial charge in [0.1, 0.15) is 5.15 Å². The van der Waals surface area contributed by atoms with Crippen molar-refractivity contribution >= 4 is 11.6 Å². The van der Waals surface area contributed by atoms with Crippen LogP contribution >= 0.6 is 11.6 Å². The highest BCUT2D eigenvalue weighted by molar-refractivity contribution is 6.29. The average Bonchev–Trinajstić information content (AvgIpc) is 2.69. The first-order valence-corrected chi connectivity index (χ1v) is 6.39. The molecule has 0 amide bonds. The highest BCUT2D eigenvalue weighted by Crippen LogP contribution is 2.25. The fourth-order valence-corrected chi connectivity index (χ4v) is 2.65. The Bertz CT molecular complexity index is 334. The minimum absolute atomic E-state index is 0.575. The molecule has 0 radical (unpaired) electrons. The van der Waals surface area contributed by atoms with E-state index in [1.165, 1.54) is 24.9 Å². The molecule has 0 aromatic carbocycles. The lowest BCUT2D eigenvalue weighted by atomic mass is 10.0. The first kappa shape index (κ1) is 11.9. The average molecular weight is 239 g/mol. The van der Waals surface area contributed by atoms with E-state index in [2.05, 4.69) is 29.8 Å². The number of pyridine rings is 1. The van der Waals surface area contributed by atoms with E-state index in [-0.39, 0.29) is 0 Å². The van der Waals surface area contributed by atoms with Crippen LogP contribution in [0.1, 0.15) is 32.3 Å². The molecule has 0 aliphatic carbocycles. The summed E-state index contributed by atoms with van der Waals surface area (Å²) in [7, 11) is 0. The molecule has 88 valence electrons. The zero-order valence-corrected chi connectivity index (χ0v) is 10.7. The molecule has 0 spiro atoms. The summed E-state index contributed by atoms with van der Waals surface area (Å²) < 4.78 is 0. The van der Waals surface area contributed by atoms with Crippen molar-refractivity contribution in [2.24, 2.45) is 5.92 Å². The summed E-state index contributed by atoms with van der Waals surface area (Å²) in [4.78, 5) is 6.69. The molecule has 0 bridgehead atoms. The number of hydrogen-bond donors (Lipinski definition) is 0. The third kappa shape index (κ3) is 2.74. The van der Waals surface area contributed by atoms with Gasteiger partial charge in [-0.1, -0.05) is 31.5 Å². The molecule has 1 unspecified atom stereocenters. The van der Waals surface area contributed by atoms with Gasteiger partial charge in [0.15, 0.2) is 0 Å². The van der Waals surface area contributed by atoms with Crippen molar-refractivity contribution in [3.63, 3.8) is 0 Å². The second-order valence-corrected chi connectivity index (χ2v) is 5.30. The summed E-state index contributed by atoms with van der Waals surface area (Å²) >= 11 is 5.78. The van der Waals surface area contributed by atoms with E-state index >= 15 is 0 Å². The van der Waals surface area contributed by atoms with Crippen LogP contribution in [0, 0.1) is 5.92 Å². The van der Waals surface area contributed by atoms with E-state index in [0.29, 0.717) is 5.15 Å². The predicted octanol–water partition coefficient (Wildman–Crippen LogP) is 3.36. The van der Waals surface area contributed by atoms with Gasteiger partial charge in [-0.2, -0.15) is 0 Å². The lowest BCUT2D eigenvalue weighted by Crippen LogP contribution is -2.32. The minimum Gasteiger partial charge on any atom is -0.296 e. The summed E-state index contributed by atoms with van der Waals surface area (Å²) in [5, 5.41) is 0.575. The lowest BCUT2D eigenvalue weighted by Gasteiger charge is -2.27. The van der Waals surface area contributed by atoms with Gasteiger partial charge in [0, 0.05) is 18.8 Å². The monoisotopic (exact) mass is 238 g/mol. The second kappa shape index (κ2) is 5.15. The number of likely N-dealkylation sites (tertiary alicyclic amines) is 1. The lowest BCUT2D eigenvalue weighted by molar-refractivity contribution is 0.198. The van der Waals surface area contributed by atoms with Crippen LogP contribution in [-0.2, 0) is 6.54 Å². The van der Waals surface area contributed by atoms with Crippen molar-refractivity contribution < 1.29 is 0 Å². The van der Waals surface area contributed by atoms with Crippen LogP contribution in [0.5, 0.6) is 0 Å². The van der Waals surface area contributed by atoms with Gasteiger partial charge in [-0.15, -0.1) is 0 Å². The number of halogens is 1. The molecule has 1 saturated heterocycles. The molecular formula is C13H19ClN2. The Morgan fingerprint density at radius 3 is 2.94 bits per heavy atom. The van der Waals surface area contributed by atoms with Gasteiger partial charge in [-0.25, -0.2) is 4.98 Å². The summed E-state index contributed by atoms with van der Waals surface area (Å²) in [5.41, 5.74) is 1.26. The van der Waals surface area contributed by atoms with E-state index in [9.17, 15) is 0 Å². The van der Waals surface area contributed by atoms with E-state index < -0.39 is 0 Å². The third-order valence-electron chi connectivity index (χ3n) is 3.36. The smallest absolute Gasteiger partial charge is 0.129 e. The SMILES string of the molecule is CC(C)C1CCCN1Cc1ccc(Cl)nc1. The van der Waals surface area contributed by atoms with Crippen LogP contribution < -0.4 is 0 Å². The fourth-order valence-electron chi connectivity index (χ4n) is 2.54. The summed E-state index contributed by atoms with van der Waals surface area (Å²) in [6, 6.07) is 4.68. The normalized spacial score (nSPS) is 21.9. The molecule has 1 atom stereocenters. The molecule has 1 aliphatic rings. The van der Waals surface area contributed by atoms with Gasteiger partial charge in [0.05, 0.1) is 0 Å². The number of aromatic nitrogens is 1. The minimum atomic E-state index is 0.575. The van der Waals surface area contributed by atoms with E-state index in [1.54, 1.807) is 0 Å². The molecular weight excluding hydrogens is 220 g/mol. The van der Waals surface area contributed by atoms with Crippen LogP contribution in [0.4, 0.5) is 0 Å². The topological polar surface area (TPSA) is 16.1 Å². The van der Waals surface area contributed by atoms with Crippen LogP contribution in [0.25, 0.3) is 0 Å². The Hall–Kier alpha value is -0.600. The third-order valence-corrected chi connectivity index (χ3v) is 3.58. The fraction of sp³-hybridized carbons (Fsp3) is 0.615. The maximum absolute atomic E-state index is 5.78. The predicted molar refractivity (Wildman–Crippen MR) is 67.5 cm³/mol. The van der Waals surface area contributed by atoms with Crippen LogP contribution in [0.15, 0.2) is 18.3 Å². The molecule has 16 heavy (non-hydrogen) atoms. The van der Waals surface area contributed by atoms with E-state index in [4.69, 9.17) is 11.6 Å². The first-order chi connectivity index (χ1) is 7.66. The zero-order chi connectivity index (χ0) is 11.5. The molecule has 3 heteroatoms. The van der Waals surface area contributed by atoms with Crippen LogP contribution in [0.3, 0.4) is 0 Å². The van der Waals surface area contributed by atoms with Gasteiger partial charge in [-0.3, -0.25) is 4.90 Å². The Morgan fingerprint density at radius 2 is 2.31 bits per heavy atom. The van der Waals surface area contributed by atoms with Crippen LogP contribution in [-0.4, -0.2) is 22.5 Å². The molecule has 2 rings (SSSR count). The number of rotatable bonds is 3. The van der Waals surface area contributed by atoms with Gasteiger partial charge >= 0.3 is 0 Å². The summed E-state index contributed by atoms with van der Waals surface area (Å²) in [6.07, 6.45) is 4.54. The van der Waals surface area contributed by atoms with Crippen molar-refractivity contribution in [3.05, 3.63) is 29.0 Å². The molecule has 1 aromatic heterocycles. The zero-order valence-electron chi connectivity index (χ0n) is 9.99. The highest BCUT2D eigenvalue weighted by atomic mass is 35.5. The Balaban J connectivity index is 2.01. The van der Waals surface area contributed by atoms with Crippen molar-refractivity contribution in [2.45, 2.75) is 39.3 Å². The van der Waals surface area contributed by atoms with Crippen molar-refractivity contribution in [2.75, 3.05) is 6.54 Å². The van der Waals surface area contributed by atoms with Crippen molar-refractivity contribution in [3.8, 4) is 0 Å². The number of nitrogens with zero attached hydrogens (tertiary/aromatic N) is 2. The molecule has 2 heterocycles. The van der Waals surface area contributed by atoms with Gasteiger partial charge < -0.3 is 0 Å². The van der Waals surface area contributed by atoms with Crippen LogP contribution in [0.2, 0.25) is 5.15 Å². The van der Waals surface area contributed by atoms with Gasteiger partial charge in [0.2, 0.25) is 0 Å². The molecule has 1 aliphatic heterocycles. The molecule has 2 nitrogen and oxygen atoms in total. The molecule has 0 saturated carbocycles. The Morgan fingerprint density at radius 1 is 1.50 bits per heavy atom. The molecule has 1 aromatic rings. The van der Waals surface area contributed by atoms with Gasteiger partial charge in [-0.05, 0) is 36.9 Å². The maximum Gasteiger partial charge on any atom is 0.129 e. The second-order valence-electron chi connectivity index (χ2n) is 4.91. The first-order valence-electron chi connectivity index (χ1n) is 6.01. The van der Waals surface area contributed by atoms with Gasteiger partial charge in [0.25, 0.3) is 0 Å². The van der Waals surface area contributed by atoms with E-state index in [0.717, 1.165) is 18.5 Å². The summed E-state index contributed by atoms with van der Waals surface area (Å²) in [6.45, 7) is 6.84. The Labute approximate surface area is 103 Å². The van der Waals surface area contributed by atoms with Crippen molar-refractivity contribution in [1.29, 1.82) is 0 Å². The Kier molecular flexibility index (Phi) is 3.82.